The SMILES string of the molecule is COc1ccc2c(CC(=O)NCCCC(=O)O)cc(=O)oc2c1. The van der Waals surface area contributed by atoms with E-state index in [1.54, 1.807) is 18.2 Å². The van der Waals surface area contributed by atoms with Crippen LogP contribution in [0.15, 0.2) is 33.5 Å². The summed E-state index contributed by atoms with van der Waals surface area (Å²) in [5.74, 6) is -0.631. The summed E-state index contributed by atoms with van der Waals surface area (Å²) in [6.45, 7) is 0.276. The molecule has 0 spiro atoms. The summed E-state index contributed by atoms with van der Waals surface area (Å²) in [6, 6.07) is 6.32. The number of fused-ring (bicyclic) bond motifs is 1. The highest BCUT2D eigenvalue weighted by Crippen LogP contribution is 2.22. The molecule has 0 fully saturated rings. The number of carboxylic acids is 1. The smallest absolute Gasteiger partial charge is 0.336 e. The van der Waals surface area contributed by atoms with E-state index in [-0.39, 0.29) is 25.3 Å². The third-order valence-corrected chi connectivity index (χ3v) is 3.28. The van der Waals surface area contributed by atoms with Crippen molar-refractivity contribution in [3.8, 4) is 5.75 Å². The van der Waals surface area contributed by atoms with E-state index in [1.165, 1.54) is 13.2 Å². The molecule has 0 aliphatic carbocycles. The second-order valence-corrected chi connectivity index (χ2v) is 4.98. The van der Waals surface area contributed by atoms with Gasteiger partial charge in [-0.2, -0.15) is 0 Å². The molecule has 2 aromatic rings. The number of benzene rings is 1. The van der Waals surface area contributed by atoms with Crippen LogP contribution in [-0.4, -0.2) is 30.6 Å². The topological polar surface area (TPSA) is 106 Å². The van der Waals surface area contributed by atoms with Gasteiger partial charge in [-0.3, -0.25) is 9.59 Å². The largest absolute Gasteiger partial charge is 0.497 e. The zero-order valence-corrected chi connectivity index (χ0v) is 12.6. The van der Waals surface area contributed by atoms with Crippen molar-refractivity contribution in [1.29, 1.82) is 0 Å². The molecule has 0 saturated carbocycles. The van der Waals surface area contributed by atoms with Crippen LogP contribution in [0.2, 0.25) is 0 Å². The van der Waals surface area contributed by atoms with Gasteiger partial charge in [0.15, 0.2) is 0 Å². The van der Waals surface area contributed by atoms with Crippen molar-refractivity contribution < 1.29 is 23.8 Å². The molecule has 0 aliphatic rings. The molecule has 0 unspecified atom stereocenters. The highest BCUT2D eigenvalue weighted by molar-refractivity contribution is 5.87. The molecule has 0 radical (unpaired) electrons. The van der Waals surface area contributed by atoms with E-state index in [0.717, 1.165) is 0 Å². The lowest BCUT2D eigenvalue weighted by atomic mass is 10.1. The van der Waals surface area contributed by atoms with Crippen molar-refractivity contribution >= 4 is 22.8 Å². The van der Waals surface area contributed by atoms with E-state index >= 15 is 0 Å². The molecule has 1 amide bonds. The van der Waals surface area contributed by atoms with Crippen LogP contribution in [0.5, 0.6) is 5.75 Å². The molecule has 0 atom stereocenters. The second kappa shape index (κ2) is 7.44. The van der Waals surface area contributed by atoms with Gasteiger partial charge in [0, 0.05) is 30.5 Å². The Balaban J connectivity index is 2.11. The van der Waals surface area contributed by atoms with Gasteiger partial charge < -0.3 is 19.6 Å². The predicted molar refractivity (Wildman–Crippen MR) is 82.6 cm³/mol. The molecule has 1 heterocycles. The number of hydrogen-bond donors (Lipinski definition) is 2. The minimum absolute atomic E-state index is 0.00205. The fourth-order valence-electron chi connectivity index (χ4n) is 2.19. The lowest BCUT2D eigenvalue weighted by Gasteiger charge is -2.07. The maximum atomic E-state index is 11.9. The van der Waals surface area contributed by atoms with Crippen LogP contribution < -0.4 is 15.7 Å². The molecule has 2 rings (SSSR count). The normalized spacial score (nSPS) is 10.5. The summed E-state index contributed by atoms with van der Waals surface area (Å²) in [6.07, 6.45) is 0.370. The van der Waals surface area contributed by atoms with Crippen molar-refractivity contribution in [2.75, 3.05) is 13.7 Å². The summed E-state index contributed by atoms with van der Waals surface area (Å²) in [5, 5.41) is 11.8. The van der Waals surface area contributed by atoms with Gasteiger partial charge in [0.25, 0.3) is 0 Å². The number of ether oxygens (including phenoxy) is 1. The molecule has 0 saturated heterocycles. The average Bonchev–Trinajstić information content (AvgIpc) is 2.50. The molecule has 0 aliphatic heterocycles. The third-order valence-electron chi connectivity index (χ3n) is 3.28. The van der Waals surface area contributed by atoms with Crippen LogP contribution in [0.25, 0.3) is 11.0 Å². The van der Waals surface area contributed by atoms with Crippen molar-refractivity contribution in [2.45, 2.75) is 19.3 Å². The van der Waals surface area contributed by atoms with Gasteiger partial charge in [-0.05, 0) is 24.1 Å². The first-order chi connectivity index (χ1) is 11.0. The minimum atomic E-state index is -0.903. The fourth-order valence-corrected chi connectivity index (χ4v) is 2.19. The van der Waals surface area contributed by atoms with Gasteiger partial charge in [0.2, 0.25) is 5.91 Å². The molecule has 122 valence electrons. The molecule has 7 nitrogen and oxygen atoms in total. The summed E-state index contributed by atoms with van der Waals surface area (Å²) >= 11 is 0. The maximum absolute atomic E-state index is 11.9. The van der Waals surface area contributed by atoms with Gasteiger partial charge in [0.05, 0.1) is 13.5 Å². The number of carbonyl (C=O) groups excluding carboxylic acids is 1. The van der Waals surface area contributed by atoms with E-state index in [1.807, 2.05) is 0 Å². The van der Waals surface area contributed by atoms with E-state index in [4.69, 9.17) is 14.3 Å². The van der Waals surface area contributed by atoms with E-state index in [0.29, 0.717) is 28.7 Å². The van der Waals surface area contributed by atoms with Crippen LogP contribution in [0.1, 0.15) is 18.4 Å². The zero-order valence-electron chi connectivity index (χ0n) is 12.6. The minimum Gasteiger partial charge on any atom is -0.497 e. The monoisotopic (exact) mass is 319 g/mol. The Kier molecular flexibility index (Phi) is 5.35. The predicted octanol–water partition coefficient (Wildman–Crippen LogP) is 1.33. The quantitative estimate of drug-likeness (QED) is 0.589. The van der Waals surface area contributed by atoms with Gasteiger partial charge in [-0.15, -0.1) is 0 Å². The Hall–Kier alpha value is -2.83. The van der Waals surface area contributed by atoms with Gasteiger partial charge in [-0.1, -0.05) is 0 Å². The van der Waals surface area contributed by atoms with Gasteiger partial charge >= 0.3 is 11.6 Å². The maximum Gasteiger partial charge on any atom is 0.336 e. The van der Waals surface area contributed by atoms with Gasteiger partial charge in [0.1, 0.15) is 11.3 Å². The van der Waals surface area contributed by atoms with Crippen molar-refractivity contribution in [3.05, 3.63) is 40.2 Å². The zero-order chi connectivity index (χ0) is 16.8. The molecular weight excluding hydrogens is 302 g/mol. The lowest BCUT2D eigenvalue weighted by Crippen LogP contribution is -2.26. The summed E-state index contributed by atoms with van der Waals surface area (Å²) in [5.41, 5.74) is 0.361. The molecular formula is C16H17NO6. The molecule has 1 aromatic heterocycles. The van der Waals surface area contributed by atoms with Crippen molar-refractivity contribution in [3.63, 3.8) is 0 Å². The third kappa shape index (κ3) is 4.57. The Bertz CT molecular complexity index is 780. The Labute approximate surface area is 131 Å². The average molecular weight is 319 g/mol. The van der Waals surface area contributed by atoms with Crippen LogP contribution >= 0.6 is 0 Å². The van der Waals surface area contributed by atoms with E-state index in [2.05, 4.69) is 5.32 Å². The summed E-state index contributed by atoms with van der Waals surface area (Å²) in [4.78, 5) is 33.9. The summed E-state index contributed by atoms with van der Waals surface area (Å²) < 4.78 is 10.2. The van der Waals surface area contributed by atoms with Crippen LogP contribution in [-0.2, 0) is 16.0 Å². The number of carboxylic acid groups (broad SMARTS) is 1. The summed E-state index contributed by atoms with van der Waals surface area (Å²) in [7, 11) is 1.51. The Morgan fingerprint density at radius 2 is 2.09 bits per heavy atom. The van der Waals surface area contributed by atoms with E-state index in [9.17, 15) is 14.4 Å². The number of nitrogens with one attached hydrogen (secondary N) is 1. The molecule has 2 N–H and O–H groups in total. The molecule has 0 bridgehead atoms. The van der Waals surface area contributed by atoms with E-state index < -0.39 is 11.6 Å². The molecule has 23 heavy (non-hydrogen) atoms. The molecule has 7 heteroatoms. The highest BCUT2D eigenvalue weighted by atomic mass is 16.5. The van der Waals surface area contributed by atoms with Crippen molar-refractivity contribution in [2.24, 2.45) is 0 Å². The first kappa shape index (κ1) is 16.5. The number of aliphatic carboxylic acids is 1. The molecule has 1 aromatic carbocycles. The highest BCUT2D eigenvalue weighted by Gasteiger charge is 2.11. The first-order valence-electron chi connectivity index (χ1n) is 7.09. The standard InChI is InChI=1S/C16H17NO6/c1-22-11-4-5-12-10(8-16(21)23-13(12)9-11)7-14(18)17-6-2-3-15(19)20/h4-5,8-9H,2-3,6-7H2,1H3,(H,17,18)(H,19,20). The Morgan fingerprint density at radius 1 is 1.30 bits per heavy atom. The number of hydrogen-bond acceptors (Lipinski definition) is 5. The van der Waals surface area contributed by atoms with Crippen LogP contribution in [0, 0.1) is 0 Å². The number of carbonyl (C=O) groups is 2. The number of rotatable bonds is 7. The second-order valence-electron chi connectivity index (χ2n) is 4.98. The fraction of sp³-hybridized carbons (Fsp3) is 0.312. The van der Waals surface area contributed by atoms with Crippen molar-refractivity contribution in [1.82, 2.24) is 5.32 Å². The van der Waals surface area contributed by atoms with Gasteiger partial charge in [-0.25, -0.2) is 4.79 Å². The van der Waals surface area contributed by atoms with Crippen LogP contribution in [0.4, 0.5) is 0 Å². The first-order valence-corrected chi connectivity index (χ1v) is 7.09. The number of methoxy groups -OCH3 is 1. The lowest BCUT2D eigenvalue weighted by molar-refractivity contribution is -0.137. The Morgan fingerprint density at radius 3 is 2.78 bits per heavy atom. The number of amides is 1. The van der Waals surface area contributed by atoms with Crippen LogP contribution in [0.3, 0.4) is 0 Å².